The molecule has 31 heavy (non-hydrogen) atoms. The van der Waals surface area contributed by atoms with Crippen LogP contribution in [0, 0.1) is 0 Å². The van der Waals surface area contributed by atoms with E-state index in [2.05, 4.69) is 41.2 Å². The van der Waals surface area contributed by atoms with Crippen molar-refractivity contribution in [2.75, 3.05) is 25.4 Å². The average molecular weight is 438 g/mol. The highest BCUT2D eigenvalue weighted by Crippen LogP contribution is 2.32. The van der Waals surface area contributed by atoms with Gasteiger partial charge in [0.1, 0.15) is 0 Å². The van der Waals surface area contributed by atoms with E-state index in [-0.39, 0.29) is 12.0 Å². The Hall–Kier alpha value is -2.71. The van der Waals surface area contributed by atoms with E-state index in [1.54, 1.807) is 12.4 Å². The van der Waals surface area contributed by atoms with Crippen LogP contribution < -0.4 is 0 Å². The number of benzene rings is 1. The molecule has 162 valence electrons. The van der Waals surface area contributed by atoms with Crippen LogP contribution in [-0.4, -0.2) is 62.1 Å². The first-order valence-electron chi connectivity index (χ1n) is 10.5. The van der Waals surface area contributed by atoms with Gasteiger partial charge in [0, 0.05) is 31.0 Å². The van der Waals surface area contributed by atoms with Gasteiger partial charge in [-0.25, -0.2) is 0 Å². The number of nitrogens with zero attached hydrogens (tertiary/aromatic N) is 5. The van der Waals surface area contributed by atoms with E-state index >= 15 is 0 Å². The molecule has 1 saturated heterocycles. The highest BCUT2D eigenvalue weighted by atomic mass is 32.2. The van der Waals surface area contributed by atoms with Crippen LogP contribution in [0.15, 0.2) is 53.9 Å². The summed E-state index contributed by atoms with van der Waals surface area (Å²) in [5, 5.41) is 9.62. The summed E-state index contributed by atoms with van der Waals surface area (Å²) in [5.74, 6) is 1.45. The predicted octanol–water partition coefficient (Wildman–Crippen LogP) is 3.79. The number of ether oxygens (including phenoxy) is 1. The normalized spacial score (nSPS) is 16.6. The van der Waals surface area contributed by atoms with Crippen LogP contribution in [0.25, 0.3) is 17.1 Å². The zero-order chi connectivity index (χ0) is 21.8. The lowest BCUT2D eigenvalue weighted by Gasteiger charge is -2.31. The Morgan fingerprint density at radius 1 is 1.23 bits per heavy atom. The van der Waals surface area contributed by atoms with Crippen LogP contribution in [0.1, 0.15) is 32.3 Å². The van der Waals surface area contributed by atoms with E-state index < -0.39 is 0 Å². The molecular formula is C23H27N5O2S. The van der Waals surface area contributed by atoms with Gasteiger partial charge in [0.2, 0.25) is 5.91 Å². The summed E-state index contributed by atoms with van der Waals surface area (Å²) >= 11 is 1.42. The molecule has 7 nitrogen and oxygen atoms in total. The quantitative estimate of drug-likeness (QED) is 0.546. The summed E-state index contributed by atoms with van der Waals surface area (Å²) in [6.45, 7) is 8.18. The molecule has 1 atom stereocenters. The van der Waals surface area contributed by atoms with E-state index in [0.29, 0.717) is 36.5 Å². The monoisotopic (exact) mass is 437 g/mol. The molecule has 0 bridgehead atoms. The lowest BCUT2D eigenvalue weighted by Crippen LogP contribution is -2.45. The Balaban J connectivity index is 1.67. The van der Waals surface area contributed by atoms with Crippen molar-refractivity contribution >= 4 is 17.7 Å². The smallest absolute Gasteiger partial charge is 0.233 e. The van der Waals surface area contributed by atoms with Crippen LogP contribution in [0.4, 0.5) is 0 Å². The van der Waals surface area contributed by atoms with Crippen molar-refractivity contribution in [1.82, 2.24) is 24.6 Å². The number of pyridine rings is 1. The molecule has 1 aromatic carbocycles. The Kier molecular flexibility index (Phi) is 6.67. The second-order valence-electron chi connectivity index (χ2n) is 7.91. The lowest BCUT2D eigenvalue weighted by molar-refractivity contribution is -0.135. The number of rotatable bonds is 6. The fourth-order valence-corrected chi connectivity index (χ4v) is 4.55. The molecule has 0 saturated carbocycles. The van der Waals surface area contributed by atoms with Crippen LogP contribution in [-0.2, 0) is 9.53 Å². The highest BCUT2D eigenvalue weighted by molar-refractivity contribution is 7.99. The molecule has 1 amide bonds. The van der Waals surface area contributed by atoms with Gasteiger partial charge in [-0.1, -0.05) is 43.8 Å². The van der Waals surface area contributed by atoms with Crippen LogP contribution in [0.2, 0.25) is 0 Å². The zero-order valence-electron chi connectivity index (χ0n) is 18.1. The standard InChI is InChI=1S/C23H27N5O2S/c1-16(2)19-8-4-5-9-20(19)28-22(18-7-6-10-24-13-18)25-26-23(28)31-15-21(29)27-11-12-30-17(3)14-27/h4-10,13,16-17H,11-12,14-15H2,1-3H3. The summed E-state index contributed by atoms with van der Waals surface area (Å²) in [7, 11) is 0. The van der Waals surface area contributed by atoms with Gasteiger partial charge in [0.15, 0.2) is 11.0 Å². The van der Waals surface area contributed by atoms with E-state index in [4.69, 9.17) is 4.74 Å². The molecule has 0 N–H and O–H groups in total. The number of hydrogen-bond donors (Lipinski definition) is 0. The molecule has 3 heterocycles. The van der Waals surface area contributed by atoms with Crippen molar-refractivity contribution in [2.24, 2.45) is 0 Å². The summed E-state index contributed by atoms with van der Waals surface area (Å²) in [4.78, 5) is 18.9. The predicted molar refractivity (Wildman–Crippen MR) is 121 cm³/mol. The van der Waals surface area contributed by atoms with Gasteiger partial charge in [-0.2, -0.15) is 0 Å². The molecule has 8 heteroatoms. The van der Waals surface area contributed by atoms with Gasteiger partial charge in [-0.3, -0.25) is 14.3 Å². The second-order valence-corrected chi connectivity index (χ2v) is 8.85. The summed E-state index contributed by atoms with van der Waals surface area (Å²) in [6.07, 6.45) is 3.60. The molecule has 4 rings (SSSR count). The Labute approximate surface area is 186 Å². The number of para-hydroxylation sites is 1. The molecule has 1 aliphatic heterocycles. The van der Waals surface area contributed by atoms with Crippen LogP contribution >= 0.6 is 11.8 Å². The van der Waals surface area contributed by atoms with Gasteiger partial charge < -0.3 is 9.64 Å². The fourth-order valence-electron chi connectivity index (χ4n) is 3.70. The van der Waals surface area contributed by atoms with Crippen molar-refractivity contribution in [1.29, 1.82) is 0 Å². The number of aromatic nitrogens is 4. The minimum Gasteiger partial charge on any atom is -0.375 e. The summed E-state index contributed by atoms with van der Waals surface area (Å²) < 4.78 is 7.60. The van der Waals surface area contributed by atoms with Crippen molar-refractivity contribution in [3.05, 3.63) is 54.4 Å². The van der Waals surface area contributed by atoms with Gasteiger partial charge >= 0.3 is 0 Å². The number of carbonyl (C=O) groups is 1. The van der Waals surface area contributed by atoms with E-state index in [1.165, 1.54) is 17.3 Å². The molecule has 1 unspecified atom stereocenters. The molecule has 2 aromatic heterocycles. The van der Waals surface area contributed by atoms with E-state index in [9.17, 15) is 4.79 Å². The Morgan fingerprint density at radius 2 is 2.06 bits per heavy atom. The maximum absolute atomic E-state index is 12.8. The van der Waals surface area contributed by atoms with Gasteiger partial charge in [0.05, 0.1) is 24.2 Å². The molecular weight excluding hydrogens is 410 g/mol. The van der Waals surface area contributed by atoms with E-state index in [0.717, 1.165) is 17.1 Å². The van der Waals surface area contributed by atoms with Crippen LogP contribution in [0.3, 0.4) is 0 Å². The first-order chi connectivity index (χ1) is 15.0. The fraction of sp³-hybridized carbons (Fsp3) is 0.391. The highest BCUT2D eigenvalue weighted by Gasteiger charge is 2.24. The van der Waals surface area contributed by atoms with Crippen molar-refractivity contribution < 1.29 is 9.53 Å². The molecule has 3 aromatic rings. The molecule has 0 radical (unpaired) electrons. The topological polar surface area (TPSA) is 73.1 Å². The molecule has 0 spiro atoms. The van der Waals surface area contributed by atoms with Gasteiger partial charge in [-0.05, 0) is 36.6 Å². The van der Waals surface area contributed by atoms with Crippen LogP contribution in [0.5, 0.6) is 0 Å². The number of amides is 1. The zero-order valence-corrected chi connectivity index (χ0v) is 18.9. The first-order valence-corrected chi connectivity index (χ1v) is 11.5. The lowest BCUT2D eigenvalue weighted by atomic mass is 10.0. The second kappa shape index (κ2) is 9.62. The summed E-state index contributed by atoms with van der Waals surface area (Å²) in [6, 6.07) is 12.1. The minimum atomic E-state index is 0.0708. The third-order valence-corrected chi connectivity index (χ3v) is 6.18. The minimum absolute atomic E-state index is 0.0708. The summed E-state index contributed by atoms with van der Waals surface area (Å²) in [5.41, 5.74) is 3.10. The number of carbonyl (C=O) groups excluding carboxylic acids is 1. The SMILES string of the molecule is CC1CN(C(=O)CSc2nnc(-c3cccnc3)n2-c2ccccc2C(C)C)CCO1. The van der Waals surface area contributed by atoms with Gasteiger partial charge in [-0.15, -0.1) is 10.2 Å². The average Bonchev–Trinajstić information content (AvgIpc) is 3.21. The third kappa shape index (κ3) is 4.80. The molecule has 1 fully saturated rings. The maximum atomic E-state index is 12.8. The van der Waals surface area contributed by atoms with Crippen molar-refractivity contribution in [3.8, 4) is 17.1 Å². The molecule has 1 aliphatic rings. The maximum Gasteiger partial charge on any atom is 0.233 e. The molecule has 0 aliphatic carbocycles. The number of thioether (sulfide) groups is 1. The Bertz CT molecular complexity index is 1040. The third-order valence-electron chi connectivity index (χ3n) is 5.27. The van der Waals surface area contributed by atoms with E-state index in [1.807, 2.05) is 40.7 Å². The van der Waals surface area contributed by atoms with Crippen molar-refractivity contribution in [2.45, 2.75) is 37.9 Å². The number of morpholine rings is 1. The largest absolute Gasteiger partial charge is 0.375 e. The first kappa shape index (κ1) is 21.5. The van der Waals surface area contributed by atoms with Crippen molar-refractivity contribution in [3.63, 3.8) is 0 Å². The number of hydrogen-bond acceptors (Lipinski definition) is 6. The Morgan fingerprint density at radius 3 is 2.81 bits per heavy atom. The van der Waals surface area contributed by atoms with Gasteiger partial charge in [0.25, 0.3) is 0 Å².